The lowest BCUT2D eigenvalue weighted by Gasteiger charge is -2.34. The topological polar surface area (TPSA) is 93.4 Å². The molecule has 0 radical (unpaired) electrons. The minimum absolute atomic E-state index is 0.199. The van der Waals surface area contributed by atoms with E-state index in [2.05, 4.69) is 29.0 Å². The van der Waals surface area contributed by atoms with Crippen LogP contribution < -0.4 is 15.8 Å². The van der Waals surface area contributed by atoms with Gasteiger partial charge in [0.15, 0.2) is 0 Å². The van der Waals surface area contributed by atoms with Crippen molar-refractivity contribution in [3.8, 4) is 5.75 Å². The number of likely N-dealkylation sites (tertiary alicyclic amines) is 1. The fourth-order valence-electron chi connectivity index (χ4n) is 3.91. The minimum Gasteiger partial charge on any atom is -0.488 e. The Kier molecular flexibility index (Phi) is 6.32. The molecule has 1 aliphatic heterocycles. The van der Waals surface area contributed by atoms with Gasteiger partial charge in [0.25, 0.3) is 0 Å². The monoisotopic (exact) mass is 419 g/mol. The maximum Gasteiger partial charge on any atom is 0.227 e. The highest BCUT2D eigenvalue weighted by molar-refractivity contribution is 5.85. The molecule has 0 unspecified atom stereocenters. The number of amides is 1. The molecule has 1 saturated heterocycles. The summed E-state index contributed by atoms with van der Waals surface area (Å²) >= 11 is 0. The van der Waals surface area contributed by atoms with Crippen LogP contribution in [0.1, 0.15) is 32.3 Å². The number of rotatable bonds is 7. The van der Waals surface area contributed by atoms with Gasteiger partial charge in [-0.3, -0.25) is 4.79 Å². The Morgan fingerprint density at radius 3 is 2.61 bits per heavy atom. The van der Waals surface area contributed by atoms with Crippen molar-refractivity contribution in [1.82, 2.24) is 14.9 Å². The van der Waals surface area contributed by atoms with Crippen LogP contribution in [0.25, 0.3) is 10.9 Å². The third-order valence-corrected chi connectivity index (χ3v) is 5.66. The predicted molar refractivity (Wildman–Crippen MR) is 123 cm³/mol. The number of nitrogens with two attached hydrogens (primary N) is 1. The van der Waals surface area contributed by atoms with Gasteiger partial charge in [-0.05, 0) is 50.5 Å². The zero-order valence-corrected chi connectivity index (χ0v) is 18.0. The number of aromatic nitrogens is 2. The van der Waals surface area contributed by atoms with Crippen LogP contribution in [0.4, 0.5) is 11.6 Å². The lowest BCUT2D eigenvalue weighted by Crippen LogP contribution is -2.41. The van der Waals surface area contributed by atoms with Crippen molar-refractivity contribution in [2.24, 2.45) is 5.73 Å². The maximum absolute atomic E-state index is 11.1. The van der Waals surface area contributed by atoms with Gasteiger partial charge in [-0.2, -0.15) is 0 Å². The lowest BCUT2D eigenvalue weighted by atomic mass is 10.1. The molecule has 1 fully saturated rings. The summed E-state index contributed by atoms with van der Waals surface area (Å²) in [4.78, 5) is 22.7. The highest BCUT2D eigenvalue weighted by Crippen LogP contribution is 2.28. The number of carbonyl (C=O) groups is 1. The minimum atomic E-state index is -0.346. The first-order chi connectivity index (χ1) is 15.0. The number of nitrogens with zero attached hydrogens (tertiary/aromatic N) is 3. The molecule has 0 atom stereocenters. The van der Waals surface area contributed by atoms with Crippen molar-refractivity contribution in [3.05, 3.63) is 54.2 Å². The molecule has 1 aliphatic rings. The molecule has 1 aromatic heterocycles. The highest BCUT2D eigenvalue weighted by atomic mass is 16.5. The van der Waals surface area contributed by atoms with Crippen LogP contribution >= 0.6 is 0 Å². The van der Waals surface area contributed by atoms with Crippen LogP contribution in [-0.4, -0.2) is 46.0 Å². The van der Waals surface area contributed by atoms with Crippen LogP contribution in [0, 0.1) is 0 Å². The number of primary amides is 1. The van der Waals surface area contributed by atoms with E-state index in [1.807, 2.05) is 42.5 Å². The summed E-state index contributed by atoms with van der Waals surface area (Å²) in [6.07, 6.45) is 4.26. The number of hydrogen-bond acceptors (Lipinski definition) is 6. The Hall–Kier alpha value is -3.19. The molecule has 0 aliphatic carbocycles. The molecule has 0 bridgehead atoms. The van der Waals surface area contributed by atoms with Crippen molar-refractivity contribution in [2.45, 2.75) is 45.3 Å². The fourth-order valence-corrected chi connectivity index (χ4v) is 3.91. The third kappa shape index (κ3) is 5.30. The van der Waals surface area contributed by atoms with Crippen molar-refractivity contribution < 1.29 is 9.53 Å². The molecule has 2 aromatic carbocycles. The van der Waals surface area contributed by atoms with Gasteiger partial charge >= 0.3 is 0 Å². The molecule has 4 rings (SSSR count). The standard InChI is InChI=1S/C24H29N5O2/c1-16(2)29-12-10-20(11-13-29)31-21-5-3-4-18-15-26-24(28-23(18)21)27-19-8-6-17(7-9-19)14-22(25)30/h3-9,15-16,20H,10-14H2,1-2H3,(H2,25,30)(H,26,27,28). The van der Waals surface area contributed by atoms with Gasteiger partial charge in [-0.25, -0.2) is 9.97 Å². The Balaban J connectivity index is 1.49. The summed E-state index contributed by atoms with van der Waals surface area (Å²) in [6, 6.07) is 14.0. The average Bonchev–Trinajstić information content (AvgIpc) is 2.75. The molecule has 0 spiro atoms. The van der Waals surface area contributed by atoms with Gasteiger partial charge in [0, 0.05) is 36.4 Å². The summed E-state index contributed by atoms with van der Waals surface area (Å²) in [6.45, 7) is 6.59. The van der Waals surface area contributed by atoms with Crippen molar-refractivity contribution in [2.75, 3.05) is 18.4 Å². The van der Waals surface area contributed by atoms with Gasteiger partial charge in [-0.15, -0.1) is 0 Å². The van der Waals surface area contributed by atoms with Gasteiger partial charge in [0.2, 0.25) is 11.9 Å². The average molecular weight is 420 g/mol. The Bertz CT molecular complexity index is 1040. The second kappa shape index (κ2) is 9.31. The van der Waals surface area contributed by atoms with E-state index in [0.717, 1.165) is 53.8 Å². The number of benzene rings is 2. The molecule has 7 heteroatoms. The van der Waals surface area contributed by atoms with Crippen LogP contribution in [0.2, 0.25) is 0 Å². The Labute approximate surface area is 182 Å². The van der Waals surface area contributed by atoms with Gasteiger partial charge in [0.05, 0.1) is 6.42 Å². The second-order valence-electron chi connectivity index (χ2n) is 8.30. The number of ether oxygens (including phenoxy) is 1. The number of anilines is 2. The molecule has 0 saturated carbocycles. The van der Waals surface area contributed by atoms with E-state index >= 15 is 0 Å². The van der Waals surface area contributed by atoms with Crippen molar-refractivity contribution in [3.63, 3.8) is 0 Å². The first kappa shape index (κ1) is 21.1. The molecule has 2 heterocycles. The lowest BCUT2D eigenvalue weighted by molar-refractivity contribution is -0.117. The quantitative estimate of drug-likeness (QED) is 0.607. The summed E-state index contributed by atoms with van der Waals surface area (Å²) in [5.74, 6) is 0.949. The summed E-state index contributed by atoms with van der Waals surface area (Å²) in [7, 11) is 0. The Morgan fingerprint density at radius 1 is 1.19 bits per heavy atom. The van der Waals surface area contributed by atoms with Gasteiger partial charge < -0.3 is 20.7 Å². The largest absolute Gasteiger partial charge is 0.488 e. The normalized spacial score (nSPS) is 15.3. The van der Waals surface area contributed by atoms with Crippen molar-refractivity contribution >= 4 is 28.4 Å². The SMILES string of the molecule is CC(C)N1CCC(Oc2cccc3cnc(Nc4ccc(CC(N)=O)cc4)nc23)CC1. The second-order valence-corrected chi connectivity index (χ2v) is 8.30. The molecule has 1 amide bonds. The number of hydrogen-bond donors (Lipinski definition) is 2. The van der Waals surface area contributed by atoms with Gasteiger partial charge in [0.1, 0.15) is 17.4 Å². The molecule has 7 nitrogen and oxygen atoms in total. The first-order valence-corrected chi connectivity index (χ1v) is 10.8. The number of fused-ring (bicyclic) bond motifs is 1. The summed E-state index contributed by atoms with van der Waals surface area (Å²) < 4.78 is 6.37. The van der Waals surface area contributed by atoms with E-state index in [9.17, 15) is 4.79 Å². The highest BCUT2D eigenvalue weighted by Gasteiger charge is 2.22. The van der Waals surface area contributed by atoms with Crippen molar-refractivity contribution in [1.29, 1.82) is 0 Å². The molecular weight excluding hydrogens is 390 g/mol. The molecule has 31 heavy (non-hydrogen) atoms. The predicted octanol–water partition coefficient (Wildman–Crippen LogP) is 3.65. The van der Waals surface area contributed by atoms with E-state index in [1.54, 1.807) is 6.20 Å². The van der Waals surface area contributed by atoms with E-state index in [4.69, 9.17) is 15.5 Å². The van der Waals surface area contributed by atoms with Crippen LogP contribution in [0.3, 0.4) is 0 Å². The summed E-state index contributed by atoms with van der Waals surface area (Å²) in [5, 5.41) is 4.17. The fraction of sp³-hybridized carbons (Fsp3) is 0.375. The van der Waals surface area contributed by atoms with Crippen LogP contribution in [0.5, 0.6) is 5.75 Å². The number of nitrogens with one attached hydrogen (secondary N) is 1. The van der Waals surface area contributed by atoms with E-state index in [-0.39, 0.29) is 18.4 Å². The first-order valence-electron chi connectivity index (χ1n) is 10.8. The van der Waals surface area contributed by atoms with Gasteiger partial charge in [-0.1, -0.05) is 24.3 Å². The van der Waals surface area contributed by atoms with Crippen LogP contribution in [-0.2, 0) is 11.2 Å². The molecule has 162 valence electrons. The number of para-hydroxylation sites is 1. The van der Waals surface area contributed by atoms with Crippen LogP contribution in [0.15, 0.2) is 48.7 Å². The van der Waals surface area contributed by atoms with E-state index in [0.29, 0.717) is 12.0 Å². The molecule has 3 aromatic rings. The number of carbonyl (C=O) groups excluding carboxylic acids is 1. The zero-order chi connectivity index (χ0) is 21.8. The molecular formula is C24H29N5O2. The van der Waals surface area contributed by atoms with E-state index < -0.39 is 0 Å². The smallest absolute Gasteiger partial charge is 0.227 e. The summed E-state index contributed by atoms with van der Waals surface area (Å²) in [5.41, 5.74) is 7.77. The zero-order valence-electron chi connectivity index (χ0n) is 18.0. The maximum atomic E-state index is 11.1. The molecule has 3 N–H and O–H groups in total. The Morgan fingerprint density at radius 2 is 1.94 bits per heavy atom. The third-order valence-electron chi connectivity index (χ3n) is 5.66. The van der Waals surface area contributed by atoms with E-state index in [1.165, 1.54) is 0 Å². The number of piperidine rings is 1.